The van der Waals surface area contributed by atoms with Gasteiger partial charge in [-0.3, -0.25) is 9.69 Å². The van der Waals surface area contributed by atoms with Crippen molar-refractivity contribution in [2.24, 2.45) is 5.92 Å². The quantitative estimate of drug-likeness (QED) is 0.647. The average molecular weight is 284 g/mol. The van der Waals surface area contributed by atoms with Crippen molar-refractivity contribution in [3.63, 3.8) is 0 Å². The lowest BCUT2D eigenvalue weighted by molar-refractivity contribution is -0.139. The van der Waals surface area contributed by atoms with Crippen molar-refractivity contribution < 1.29 is 9.90 Å². The van der Waals surface area contributed by atoms with E-state index in [4.69, 9.17) is 5.11 Å². The van der Waals surface area contributed by atoms with Gasteiger partial charge in [-0.15, -0.1) is 0 Å². The number of hydrogen-bond donors (Lipinski definition) is 2. The van der Waals surface area contributed by atoms with Gasteiger partial charge in [0.15, 0.2) is 0 Å². The van der Waals surface area contributed by atoms with Crippen LogP contribution in [0.3, 0.4) is 0 Å². The summed E-state index contributed by atoms with van der Waals surface area (Å²) in [6, 6.07) is 1.65. The molecule has 0 aromatic rings. The summed E-state index contributed by atoms with van der Waals surface area (Å²) in [4.78, 5) is 12.9. The molecule has 1 rings (SSSR count). The monoisotopic (exact) mass is 284 g/mol. The highest BCUT2D eigenvalue weighted by molar-refractivity contribution is 5.69. The van der Waals surface area contributed by atoms with Crippen LogP contribution < -0.4 is 5.32 Å². The molecule has 0 radical (unpaired) electrons. The molecule has 1 fully saturated rings. The van der Waals surface area contributed by atoms with E-state index in [0.29, 0.717) is 18.1 Å². The van der Waals surface area contributed by atoms with Crippen LogP contribution in [0, 0.1) is 5.92 Å². The van der Waals surface area contributed by atoms with Crippen LogP contribution in [0.2, 0.25) is 0 Å². The molecule has 4 nitrogen and oxygen atoms in total. The molecule has 0 aromatic carbocycles. The molecule has 20 heavy (non-hydrogen) atoms. The minimum Gasteiger partial charge on any atom is -0.480 e. The molecule has 2 N–H and O–H groups in total. The Balaban J connectivity index is 2.30. The van der Waals surface area contributed by atoms with Gasteiger partial charge in [-0.1, -0.05) is 34.1 Å². The summed E-state index contributed by atoms with van der Waals surface area (Å²) in [6.45, 7) is 9.87. The summed E-state index contributed by atoms with van der Waals surface area (Å²) in [5, 5.41) is 12.7. The molecule has 4 heteroatoms. The fraction of sp³-hybridized carbons (Fsp3) is 0.938. The van der Waals surface area contributed by atoms with Crippen molar-refractivity contribution in [1.29, 1.82) is 0 Å². The SMILES string of the molecule is CCC(C)CC(CC)NC1CC(N(CC)CC(=O)O)C1. The number of aliphatic carboxylic acids is 1. The molecule has 0 aromatic heterocycles. The lowest BCUT2D eigenvalue weighted by Gasteiger charge is -2.44. The fourth-order valence-electron chi connectivity index (χ4n) is 3.03. The van der Waals surface area contributed by atoms with E-state index in [1.165, 1.54) is 19.3 Å². The highest BCUT2D eigenvalue weighted by Crippen LogP contribution is 2.27. The molecule has 1 aliphatic rings. The van der Waals surface area contributed by atoms with E-state index in [2.05, 4.69) is 31.0 Å². The van der Waals surface area contributed by atoms with Gasteiger partial charge in [0.1, 0.15) is 0 Å². The number of hydrogen-bond acceptors (Lipinski definition) is 3. The third-order valence-electron chi connectivity index (χ3n) is 4.72. The number of rotatable bonds is 10. The van der Waals surface area contributed by atoms with E-state index in [-0.39, 0.29) is 6.54 Å². The van der Waals surface area contributed by atoms with Crippen LogP contribution in [0.5, 0.6) is 0 Å². The zero-order valence-electron chi connectivity index (χ0n) is 13.6. The molecule has 0 aliphatic heterocycles. The van der Waals surface area contributed by atoms with Crippen molar-refractivity contribution in [3.8, 4) is 0 Å². The Hall–Kier alpha value is -0.610. The van der Waals surface area contributed by atoms with Crippen LogP contribution in [-0.4, -0.2) is 47.2 Å². The van der Waals surface area contributed by atoms with Gasteiger partial charge in [0.25, 0.3) is 0 Å². The maximum Gasteiger partial charge on any atom is 0.317 e. The maximum atomic E-state index is 10.8. The molecular weight excluding hydrogens is 252 g/mol. The van der Waals surface area contributed by atoms with Crippen LogP contribution in [-0.2, 0) is 4.79 Å². The van der Waals surface area contributed by atoms with E-state index in [9.17, 15) is 4.79 Å². The minimum atomic E-state index is -0.716. The third-order valence-corrected chi connectivity index (χ3v) is 4.72. The summed E-state index contributed by atoms with van der Waals surface area (Å²) in [5.74, 6) is 0.0638. The summed E-state index contributed by atoms with van der Waals surface area (Å²) >= 11 is 0. The zero-order chi connectivity index (χ0) is 15.1. The van der Waals surface area contributed by atoms with E-state index in [1.54, 1.807) is 0 Å². The first-order chi connectivity index (χ1) is 9.49. The second-order valence-electron chi connectivity index (χ2n) is 6.30. The minimum absolute atomic E-state index is 0.179. The first kappa shape index (κ1) is 17.4. The number of carboxylic acid groups (broad SMARTS) is 1. The molecule has 0 amide bonds. The number of likely N-dealkylation sites (N-methyl/N-ethyl adjacent to an activating group) is 1. The van der Waals surface area contributed by atoms with Gasteiger partial charge in [0, 0.05) is 18.1 Å². The van der Waals surface area contributed by atoms with Gasteiger partial charge < -0.3 is 10.4 Å². The molecule has 2 unspecified atom stereocenters. The van der Waals surface area contributed by atoms with Crippen molar-refractivity contribution in [1.82, 2.24) is 10.2 Å². The largest absolute Gasteiger partial charge is 0.480 e. The van der Waals surface area contributed by atoms with Crippen LogP contribution in [0.4, 0.5) is 0 Å². The fourth-order valence-corrected chi connectivity index (χ4v) is 3.03. The Kier molecular flexibility index (Phi) is 7.52. The summed E-state index contributed by atoms with van der Waals surface area (Å²) in [7, 11) is 0. The third kappa shape index (κ3) is 5.41. The van der Waals surface area contributed by atoms with Crippen LogP contribution in [0.15, 0.2) is 0 Å². The van der Waals surface area contributed by atoms with Gasteiger partial charge in [0.2, 0.25) is 0 Å². The smallest absolute Gasteiger partial charge is 0.317 e. The number of nitrogens with one attached hydrogen (secondary N) is 1. The number of carboxylic acids is 1. The van der Waals surface area contributed by atoms with Crippen molar-refractivity contribution in [2.45, 2.75) is 77.9 Å². The number of carbonyl (C=O) groups is 1. The van der Waals surface area contributed by atoms with E-state index in [0.717, 1.165) is 25.3 Å². The van der Waals surface area contributed by atoms with E-state index < -0.39 is 5.97 Å². The molecule has 0 saturated heterocycles. The second-order valence-corrected chi connectivity index (χ2v) is 6.30. The van der Waals surface area contributed by atoms with Gasteiger partial charge in [-0.05, 0) is 38.1 Å². The molecule has 1 saturated carbocycles. The molecule has 1 aliphatic carbocycles. The highest BCUT2D eigenvalue weighted by Gasteiger charge is 2.34. The Bertz CT molecular complexity index is 290. The van der Waals surface area contributed by atoms with E-state index >= 15 is 0 Å². The normalized spacial score (nSPS) is 25.2. The second kappa shape index (κ2) is 8.63. The highest BCUT2D eigenvalue weighted by atomic mass is 16.4. The van der Waals surface area contributed by atoms with E-state index in [1.807, 2.05) is 6.92 Å². The van der Waals surface area contributed by atoms with Crippen LogP contribution >= 0.6 is 0 Å². The summed E-state index contributed by atoms with van der Waals surface area (Å²) in [5.41, 5.74) is 0. The first-order valence-corrected chi connectivity index (χ1v) is 8.21. The lowest BCUT2D eigenvalue weighted by Crippen LogP contribution is -2.55. The van der Waals surface area contributed by atoms with Gasteiger partial charge in [0.05, 0.1) is 6.54 Å². The first-order valence-electron chi connectivity index (χ1n) is 8.21. The molecule has 0 heterocycles. The molecule has 118 valence electrons. The van der Waals surface area contributed by atoms with Crippen molar-refractivity contribution in [3.05, 3.63) is 0 Å². The van der Waals surface area contributed by atoms with Gasteiger partial charge in [-0.2, -0.15) is 0 Å². The van der Waals surface area contributed by atoms with Gasteiger partial charge >= 0.3 is 5.97 Å². The zero-order valence-corrected chi connectivity index (χ0v) is 13.6. The lowest BCUT2D eigenvalue weighted by atomic mass is 9.84. The van der Waals surface area contributed by atoms with Gasteiger partial charge in [-0.25, -0.2) is 0 Å². The van der Waals surface area contributed by atoms with Crippen molar-refractivity contribution >= 4 is 5.97 Å². The van der Waals surface area contributed by atoms with Crippen LogP contribution in [0.1, 0.15) is 59.8 Å². The predicted molar refractivity (Wildman–Crippen MR) is 83.0 cm³/mol. The number of nitrogens with zero attached hydrogens (tertiary/aromatic N) is 1. The Morgan fingerprint density at radius 3 is 2.40 bits per heavy atom. The van der Waals surface area contributed by atoms with Crippen LogP contribution in [0.25, 0.3) is 0 Å². The molecule has 0 spiro atoms. The Labute approximate surface area is 123 Å². The summed E-state index contributed by atoms with van der Waals surface area (Å²) < 4.78 is 0. The topological polar surface area (TPSA) is 52.6 Å². The summed E-state index contributed by atoms with van der Waals surface area (Å²) in [6.07, 6.45) is 5.86. The predicted octanol–water partition coefficient (Wildman–Crippen LogP) is 2.73. The molecular formula is C16H32N2O2. The molecule has 0 bridgehead atoms. The Morgan fingerprint density at radius 1 is 1.30 bits per heavy atom. The average Bonchev–Trinajstić information content (AvgIpc) is 2.38. The maximum absolute atomic E-state index is 10.8. The van der Waals surface area contributed by atoms with Crippen molar-refractivity contribution in [2.75, 3.05) is 13.1 Å². The standard InChI is InChI=1S/C16H32N2O2/c1-5-12(4)8-13(6-2)17-14-9-15(10-14)18(7-3)11-16(19)20/h12-15,17H,5-11H2,1-4H3,(H,19,20). The Morgan fingerprint density at radius 2 is 1.95 bits per heavy atom. The molecule has 2 atom stereocenters.